The lowest BCUT2D eigenvalue weighted by Gasteiger charge is -2.24. The van der Waals surface area contributed by atoms with E-state index in [4.69, 9.17) is 9.26 Å². The molecule has 0 radical (unpaired) electrons. The Labute approximate surface area is 107 Å². The topological polar surface area (TPSA) is 50.5 Å². The maximum atomic E-state index is 5.22. The SMILES string of the molecule is COCc1cc(CN2CC3CCCNC3C2)no1. The van der Waals surface area contributed by atoms with Gasteiger partial charge in [0.25, 0.3) is 0 Å². The minimum absolute atomic E-state index is 0.500. The quantitative estimate of drug-likeness (QED) is 0.865. The van der Waals surface area contributed by atoms with Crippen LogP contribution in [0.4, 0.5) is 0 Å². The highest BCUT2D eigenvalue weighted by atomic mass is 16.5. The first-order valence-corrected chi connectivity index (χ1v) is 6.74. The van der Waals surface area contributed by atoms with E-state index < -0.39 is 0 Å². The summed E-state index contributed by atoms with van der Waals surface area (Å²) in [5.41, 5.74) is 1.01. The summed E-state index contributed by atoms with van der Waals surface area (Å²) in [4.78, 5) is 2.47. The van der Waals surface area contributed by atoms with Gasteiger partial charge in [0.2, 0.25) is 0 Å². The molecule has 0 spiro atoms. The smallest absolute Gasteiger partial charge is 0.162 e. The second-order valence-electron chi connectivity index (χ2n) is 5.37. The second kappa shape index (κ2) is 5.38. The van der Waals surface area contributed by atoms with Crippen molar-refractivity contribution < 1.29 is 9.26 Å². The van der Waals surface area contributed by atoms with E-state index in [1.54, 1.807) is 7.11 Å². The number of nitrogens with zero attached hydrogens (tertiary/aromatic N) is 2. The molecule has 3 rings (SSSR count). The van der Waals surface area contributed by atoms with E-state index in [9.17, 15) is 0 Å². The highest BCUT2D eigenvalue weighted by Crippen LogP contribution is 2.25. The van der Waals surface area contributed by atoms with Crippen molar-refractivity contribution in [3.05, 3.63) is 17.5 Å². The number of fused-ring (bicyclic) bond motifs is 1. The van der Waals surface area contributed by atoms with E-state index in [0.29, 0.717) is 12.6 Å². The molecule has 2 fully saturated rings. The summed E-state index contributed by atoms with van der Waals surface area (Å²) in [6.45, 7) is 4.89. The van der Waals surface area contributed by atoms with Gasteiger partial charge in [-0.2, -0.15) is 0 Å². The predicted octanol–water partition coefficient (Wildman–Crippen LogP) is 1.00. The molecule has 100 valence electrons. The highest BCUT2D eigenvalue weighted by Gasteiger charge is 2.34. The zero-order valence-electron chi connectivity index (χ0n) is 10.9. The monoisotopic (exact) mass is 251 g/mol. The molecule has 5 heteroatoms. The number of methoxy groups -OCH3 is 1. The minimum Gasteiger partial charge on any atom is -0.377 e. The molecule has 5 nitrogen and oxygen atoms in total. The van der Waals surface area contributed by atoms with Crippen molar-refractivity contribution in [1.82, 2.24) is 15.4 Å². The Kier molecular flexibility index (Phi) is 3.63. The predicted molar refractivity (Wildman–Crippen MR) is 67.0 cm³/mol. The van der Waals surface area contributed by atoms with Crippen LogP contribution in [0.15, 0.2) is 10.6 Å². The fourth-order valence-electron chi connectivity index (χ4n) is 3.13. The van der Waals surface area contributed by atoms with Crippen LogP contribution in [0.3, 0.4) is 0 Å². The molecule has 0 amide bonds. The fourth-order valence-corrected chi connectivity index (χ4v) is 3.13. The van der Waals surface area contributed by atoms with Gasteiger partial charge >= 0.3 is 0 Å². The number of piperidine rings is 1. The first-order chi connectivity index (χ1) is 8.85. The van der Waals surface area contributed by atoms with Crippen LogP contribution in [-0.2, 0) is 17.9 Å². The molecule has 0 aliphatic carbocycles. The lowest BCUT2D eigenvalue weighted by atomic mass is 9.94. The molecule has 18 heavy (non-hydrogen) atoms. The Morgan fingerprint density at radius 3 is 3.33 bits per heavy atom. The Balaban J connectivity index is 1.56. The lowest BCUT2D eigenvalue weighted by Crippen LogP contribution is -2.40. The number of likely N-dealkylation sites (tertiary alicyclic amines) is 1. The van der Waals surface area contributed by atoms with E-state index in [0.717, 1.165) is 30.5 Å². The molecule has 2 atom stereocenters. The van der Waals surface area contributed by atoms with Gasteiger partial charge in [-0.3, -0.25) is 4.90 Å². The number of nitrogens with one attached hydrogen (secondary N) is 1. The van der Waals surface area contributed by atoms with E-state index >= 15 is 0 Å². The molecular formula is C13H21N3O2. The standard InChI is InChI=1S/C13H21N3O2/c1-17-9-12-5-11(15-18-12)7-16-6-10-3-2-4-14-13(10)8-16/h5,10,13-14H,2-4,6-9H2,1H3. The number of hydrogen-bond acceptors (Lipinski definition) is 5. The van der Waals surface area contributed by atoms with Crippen LogP contribution < -0.4 is 5.32 Å². The third-order valence-electron chi connectivity index (χ3n) is 3.95. The summed E-state index contributed by atoms with van der Waals surface area (Å²) in [7, 11) is 1.67. The Morgan fingerprint density at radius 2 is 2.50 bits per heavy atom. The Morgan fingerprint density at radius 1 is 1.56 bits per heavy atom. The molecule has 2 unspecified atom stereocenters. The number of ether oxygens (including phenoxy) is 1. The normalized spacial score (nSPS) is 28.5. The van der Waals surface area contributed by atoms with Gasteiger partial charge in [-0.1, -0.05) is 5.16 Å². The van der Waals surface area contributed by atoms with Crippen LogP contribution in [0.1, 0.15) is 24.3 Å². The lowest BCUT2D eigenvalue weighted by molar-refractivity contribution is 0.155. The summed E-state index contributed by atoms with van der Waals surface area (Å²) >= 11 is 0. The minimum atomic E-state index is 0.500. The zero-order valence-corrected chi connectivity index (χ0v) is 10.9. The van der Waals surface area contributed by atoms with E-state index in [-0.39, 0.29) is 0 Å². The maximum absolute atomic E-state index is 5.22. The van der Waals surface area contributed by atoms with Crippen molar-refractivity contribution in [2.75, 3.05) is 26.7 Å². The molecule has 2 aliphatic heterocycles. The zero-order chi connectivity index (χ0) is 12.4. The molecule has 0 bridgehead atoms. The summed E-state index contributed by atoms with van der Waals surface area (Å²) < 4.78 is 10.2. The fraction of sp³-hybridized carbons (Fsp3) is 0.769. The highest BCUT2D eigenvalue weighted by molar-refractivity contribution is 5.05. The van der Waals surface area contributed by atoms with Crippen LogP contribution in [0.5, 0.6) is 0 Å². The van der Waals surface area contributed by atoms with Gasteiger partial charge in [-0.15, -0.1) is 0 Å². The largest absolute Gasteiger partial charge is 0.377 e. The average molecular weight is 251 g/mol. The van der Waals surface area contributed by atoms with Crippen molar-refractivity contribution in [2.24, 2.45) is 5.92 Å². The Bertz CT molecular complexity index is 379. The van der Waals surface area contributed by atoms with Crippen molar-refractivity contribution in [2.45, 2.75) is 32.0 Å². The second-order valence-corrected chi connectivity index (χ2v) is 5.37. The molecule has 1 aromatic heterocycles. The molecular weight excluding hydrogens is 230 g/mol. The van der Waals surface area contributed by atoms with Crippen LogP contribution in [-0.4, -0.2) is 42.8 Å². The molecule has 0 saturated carbocycles. The van der Waals surface area contributed by atoms with Gasteiger partial charge in [0, 0.05) is 38.9 Å². The summed E-state index contributed by atoms with van der Waals surface area (Å²) in [6.07, 6.45) is 2.68. The number of aromatic nitrogens is 1. The van der Waals surface area contributed by atoms with Gasteiger partial charge in [-0.25, -0.2) is 0 Å². The third kappa shape index (κ3) is 2.58. The molecule has 2 saturated heterocycles. The summed E-state index contributed by atoms with van der Waals surface area (Å²) in [6, 6.07) is 2.68. The van der Waals surface area contributed by atoms with Gasteiger partial charge in [0.05, 0.1) is 5.69 Å². The van der Waals surface area contributed by atoms with Crippen molar-refractivity contribution in [3.63, 3.8) is 0 Å². The van der Waals surface area contributed by atoms with Crippen molar-refractivity contribution in [3.8, 4) is 0 Å². The van der Waals surface area contributed by atoms with E-state index in [1.165, 1.54) is 25.9 Å². The van der Waals surface area contributed by atoms with Crippen molar-refractivity contribution >= 4 is 0 Å². The molecule has 0 aromatic carbocycles. The van der Waals surface area contributed by atoms with E-state index in [1.807, 2.05) is 6.07 Å². The third-order valence-corrected chi connectivity index (χ3v) is 3.95. The van der Waals surface area contributed by atoms with Crippen LogP contribution in [0.25, 0.3) is 0 Å². The number of hydrogen-bond donors (Lipinski definition) is 1. The molecule has 1 N–H and O–H groups in total. The molecule has 2 aliphatic rings. The van der Waals surface area contributed by atoms with Crippen LogP contribution in [0, 0.1) is 5.92 Å². The van der Waals surface area contributed by atoms with Gasteiger partial charge < -0.3 is 14.6 Å². The molecule has 1 aromatic rings. The van der Waals surface area contributed by atoms with E-state index in [2.05, 4.69) is 15.4 Å². The Hall–Kier alpha value is -0.910. The van der Waals surface area contributed by atoms with Crippen LogP contribution >= 0.6 is 0 Å². The first kappa shape index (κ1) is 12.1. The first-order valence-electron chi connectivity index (χ1n) is 6.74. The van der Waals surface area contributed by atoms with Gasteiger partial charge in [0.1, 0.15) is 6.61 Å². The average Bonchev–Trinajstić information content (AvgIpc) is 2.96. The van der Waals surface area contributed by atoms with Crippen molar-refractivity contribution in [1.29, 1.82) is 0 Å². The maximum Gasteiger partial charge on any atom is 0.162 e. The summed E-state index contributed by atoms with van der Waals surface area (Å²) in [5, 5.41) is 7.72. The van der Waals surface area contributed by atoms with Gasteiger partial charge in [-0.05, 0) is 25.3 Å². The summed E-state index contributed by atoms with van der Waals surface area (Å²) in [5.74, 6) is 1.63. The number of rotatable bonds is 4. The van der Waals surface area contributed by atoms with Gasteiger partial charge in [0.15, 0.2) is 5.76 Å². The molecule has 3 heterocycles. The van der Waals surface area contributed by atoms with Crippen LogP contribution in [0.2, 0.25) is 0 Å².